The van der Waals surface area contributed by atoms with E-state index in [1.165, 1.54) is 31.4 Å². The van der Waals surface area contributed by atoms with E-state index in [1.54, 1.807) is 5.57 Å². The lowest BCUT2D eigenvalue weighted by Crippen LogP contribution is -1.90. The SMILES string of the molecule is CCCC1=CSCCC1. The summed E-state index contributed by atoms with van der Waals surface area (Å²) in [5.74, 6) is 1.34. The number of hydrogen-bond donors (Lipinski definition) is 0. The summed E-state index contributed by atoms with van der Waals surface area (Å²) in [5.41, 5.74) is 1.67. The minimum absolute atomic E-state index is 1.31. The molecule has 1 rings (SSSR count). The first-order valence-electron chi connectivity index (χ1n) is 3.73. The van der Waals surface area contributed by atoms with Crippen LogP contribution >= 0.6 is 11.8 Å². The number of allylic oxidation sites excluding steroid dienone is 1. The number of thioether (sulfide) groups is 1. The van der Waals surface area contributed by atoms with Gasteiger partial charge in [-0.1, -0.05) is 18.9 Å². The molecule has 1 aliphatic rings. The Morgan fingerprint density at radius 2 is 2.56 bits per heavy atom. The van der Waals surface area contributed by atoms with Crippen molar-refractivity contribution in [1.82, 2.24) is 0 Å². The standard InChI is InChI=1S/C8H14S/c1-2-4-8-5-3-6-9-7-8/h7H,2-6H2,1H3. The van der Waals surface area contributed by atoms with E-state index in [0.29, 0.717) is 0 Å². The maximum atomic E-state index is 2.35. The van der Waals surface area contributed by atoms with Gasteiger partial charge in [0.2, 0.25) is 0 Å². The molecule has 0 aliphatic carbocycles. The summed E-state index contributed by atoms with van der Waals surface area (Å²) >= 11 is 1.98. The van der Waals surface area contributed by atoms with Crippen LogP contribution < -0.4 is 0 Å². The Morgan fingerprint density at radius 3 is 3.11 bits per heavy atom. The Hall–Kier alpha value is 0.0900. The molecular weight excluding hydrogens is 128 g/mol. The Bertz CT molecular complexity index is 105. The predicted octanol–water partition coefficient (Wildman–Crippen LogP) is 3.20. The third-order valence-corrected chi connectivity index (χ3v) is 2.61. The highest BCUT2D eigenvalue weighted by Gasteiger charge is 2.00. The van der Waals surface area contributed by atoms with E-state index >= 15 is 0 Å². The van der Waals surface area contributed by atoms with Gasteiger partial charge in [-0.05, 0) is 30.4 Å². The van der Waals surface area contributed by atoms with Gasteiger partial charge < -0.3 is 0 Å². The molecule has 0 bridgehead atoms. The third-order valence-electron chi connectivity index (χ3n) is 1.58. The van der Waals surface area contributed by atoms with Crippen molar-refractivity contribution in [3.8, 4) is 0 Å². The monoisotopic (exact) mass is 142 g/mol. The van der Waals surface area contributed by atoms with Gasteiger partial charge in [0.25, 0.3) is 0 Å². The lowest BCUT2D eigenvalue weighted by Gasteiger charge is -2.09. The average molecular weight is 142 g/mol. The van der Waals surface area contributed by atoms with E-state index in [1.807, 2.05) is 11.8 Å². The van der Waals surface area contributed by atoms with Crippen LogP contribution in [0.3, 0.4) is 0 Å². The first-order valence-corrected chi connectivity index (χ1v) is 4.78. The molecule has 0 radical (unpaired) electrons. The lowest BCUT2D eigenvalue weighted by molar-refractivity contribution is 0.804. The summed E-state index contributed by atoms with van der Waals surface area (Å²) in [7, 11) is 0. The molecule has 1 aliphatic heterocycles. The maximum Gasteiger partial charge on any atom is -0.00229 e. The van der Waals surface area contributed by atoms with Gasteiger partial charge in [-0.2, -0.15) is 0 Å². The maximum absolute atomic E-state index is 2.35. The smallest absolute Gasteiger partial charge is 0.00229 e. The van der Waals surface area contributed by atoms with Gasteiger partial charge in [-0.25, -0.2) is 0 Å². The van der Waals surface area contributed by atoms with Crippen molar-refractivity contribution in [3.05, 3.63) is 11.0 Å². The molecule has 9 heavy (non-hydrogen) atoms. The molecule has 0 spiro atoms. The predicted molar refractivity (Wildman–Crippen MR) is 44.7 cm³/mol. The zero-order valence-corrected chi connectivity index (χ0v) is 6.84. The molecule has 1 heterocycles. The summed E-state index contributed by atoms with van der Waals surface area (Å²) in [4.78, 5) is 0. The quantitative estimate of drug-likeness (QED) is 0.570. The molecule has 0 aromatic carbocycles. The Balaban J connectivity index is 2.28. The van der Waals surface area contributed by atoms with Crippen molar-refractivity contribution in [2.45, 2.75) is 32.6 Å². The average Bonchev–Trinajstić information content (AvgIpc) is 1.91. The normalized spacial score (nSPS) is 19.4. The molecular formula is C8H14S. The van der Waals surface area contributed by atoms with Crippen LogP contribution in [-0.4, -0.2) is 5.75 Å². The molecule has 0 nitrogen and oxygen atoms in total. The third kappa shape index (κ3) is 2.44. The largest absolute Gasteiger partial charge is 0.134 e. The molecule has 0 atom stereocenters. The second kappa shape index (κ2) is 3.99. The highest BCUT2D eigenvalue weighted by atomic mass is 32.2. The molecule has 0 amide bonds. The van der Waals surface area contributed by atoms with Crippen LogP contribution in [-0.2, 0) is 0 Å². The van der Waals surface area contributed by atoms with Crippen LogP contribution in [0.4, 0.5) is 0 Å². The second-order valence-corrected chi connectivity index (χ2v) is 3.48. The van der Waals surface area contributed by atoms with Crippen LogP contribution in [0.5, 0.6) is 0 Å². The second-order valence-electron chi connectivity index (χ2n) is 2.50. The summed E-state index contributed by atoms with van der Waals surface area (Å²) in [5, 5.41) is 2.35. The van der Waals surface area contributed by atoms with Crippen molar-refractivity contribution in [2.24, 2.45) is 0 Å². The van der Waals surface area contributed by atoms with Crippen LogP contribution in [0, 0.1) is 0 Å². The summed E-state index contributed by atoms with van der Waals surface area (Å²) in [6.45, 7) is 2.25. The van der Waals surface area contributed by atoms with Crippen molar-refractivity contribution >= 4 is 11.8 Å². The van der Waals surface area contributed by atoms with Gasteiger partial charge in [0.05, 0.1) is 0 Å². The van der Waals surface area contributed by atoms with Crippen molar-refractivity contribution in [2.75, 3.05) is 5.75 Å². The molecule has 0 fully saturated rings. The first kappa shape index (κ1) is 7.20. The van der Waals surface area contributed by atoms with Gasteiger partial charge >= 0.3 is 0 Å². The highest BCUT2D eigenvalue weighted by Crippen LogP contribution is 2.23. The van der Waals surface area contributed by atoms with Crippen LogP contribution in [0.15, 0.2) is 11.0 Å². The van der Waals surface area contributed by atoms with E-state index in [0.717, 1.165) is 0 Å². The zero-order valence-electron chi connectivity index (χ0n) is 6.02. The Labute approximate surface area is 61.7 Å². The molecule has 0 N–H and O–H groups in total. The van der Waals surface area contributed by atoms with Gasteiger partial charge in [0.15, 0.2) is 0 Å². The zero-order chi connectivity index (χ0) is 6.53. The van der Waals surface area contributed by atoms with Crippen LogP contribution in [0.1, 0.15) is 32.6 Å². The molecule has 0 unspecified atom stereocenters. The van der Waals surface area contributed by atoms with E-state index in [9.17, 15) is 0 Å². The van der Waals surface area contributed by atoms with Crippen molar-refractivity contribution in [1.29, 1.82) is 0 Å². The lowest BCUT2D eigenvalue weighted by atomic mass is 10.1. The Morgan fingerprint density at radius 1 is 1.67 bits per heavy atom. The fourth-order valence-corrected chi connectivity index (χ4v) is 2.02. The van der Waals surface area contributed by atoms with Gasteiger partial charge in [0.1, 0.15) is 0 Å². The van der Waals surface area contributed by atoms with Crippen LogP contribution in [0.2, 0.25) is 0 Å². The van der Waals surface area contributed by atoms with E-state index < -0.39 is 0 Å². The van der Waals surface area contributed by atoms with Gasteiger partial charge in [-0.15, -0.1) is 11.8 Å². The first-order chi connectivity index (χ1) is 4.43. The van der Waals surface area contributed by atoms with Gasteiger partial charge in [0, 0.05) is 0 Å². The van der Waals surface area contributed by atoms with Crippen molar-refractivity contribution < 1.29 is 0 Å². The van der Waals surface area contributed by atoms with E-state index in [-0.39, 0.29) is 0 Å². The van der Waals surface area contributed by atoms with Crippen molar-refractivity contribution in [3.63, 3.8) is 0 Å². The minimum Gasteiger partial charge on any atom is -0.134 e. The molecule has 52 valence electrons. The summed E-state index contributed by atoms with van der Waals surface area (Å²) < 4.78 is 0. The van der Waals surface area contributed by atoms with Gasteiger partial charge in [-0.3, -0.25) is 0 Å². The minimum atomic E-state index is 1.31. The summed E-state index contributed by atoms with van der Waals surface area (Å²) in [6, 6.07) is 0. The fraction of sp³-hybridized carbons (Fsp3) is 0.750. The summed E-state index contributed by atoms with van der Waals surface area (Å²) in [6.07, 6.45) is 5.40. The molecule has 0 saturated heterocycles. The highest BCUT2D eigenvalue weighted by molar-refractivity contribution is 8.02. The van der Waals surface area contributed by atoms with E-state index in [4.69, 9.17) is 0 Å². The fourth-order valence-electron chi connectivity index (χ4n) is 1.12. The number of rotatable bonds is 2. The molecule has 0 aromatic heterocycles. The Kier molecular flexibility index (Phi) is 3.20. The van der Waals surface area contributed by atoms with E-state index in [2.05, 4.69) is 12.3 Å². The van der Waals surface area contributed by atoms with Crippen LogP contribution in [0.25, 0.3) is 0 Å². The number of hydrogen-bond acceptors (Lipinski definition) is 1. The molecule has 0 saturated carbocycles. The molecule has 1 heteroatoms. The topological polar surface area (TPSA) is 0 Å². The molecule has 0 aromatic rings.